The fourth-order valence-electron chi connectivity index (χ4n) is 9.24. The second kappa shape index (κ2) is 9.98. The minimum absolute atomic E-state index is 0.0212. The molecular weight excluding hydrogens is 597 g/mol. The van der Waals surface area contributed by atoms with Crippen molar-refractivity contribution in [3.05, 3.63) is 143 Å². The van der Waals surface area contributed by atoms with Crippen molar-refractivity contribution in [1.82, 2.24) is 0 Å². The molecule has 0 saturated carbocycles. The summed E-state index contributed by atoms with van der Waals surface area (Å²) in [4.78, 5) is 0. The van der Waals surface area contributed by atoms with E-state index in [1.54, 1.807) is 14.2 Å². The second-order valence-electron chi connectivity index (χ2n) is 15.7. The average molecular weight is 639 g/mol. The van der Waals surface area contributed by atoms with Crippen LogP contribution in [0.1, 0.15) is 74.9 Å². The highest BCUT2D eigenvalue weighted by Crippen LogP contribution is 2.56. The lowest BCUT2D eigenvalue weighted by molar-refractivity contribution is 0.412. The van der Waals surface area contributed by atoms with Crippen molar-refractivity contribution < 1.29 is 9.47 Å². The molecule has 0 spiro atoms. The maximum absolute atomic E-state index is 5.91. The van der Waals surface area contributed by atoms with Gasteiger partial charge in [0.1, 0.15) is 11.5 Å². The molecule has 0 aliphatic heterocycles. The van der Waals surface area contributed by atoms with E-state index in [9.17, 15) is 0 Å². The number of hydrogen-bond acceptors (Lipinski definition) is 2. The summed E-state index contributed by atoms with van der Waals surface area (Å²) in [5.41, 5.74) is 20.7. The minimum atomic E-state index is -0.180. The molecule has 3 aliphatic carbocycles. The molecule has 0 atom stereocenters. The maximum atomic E-state index is 5.91. The summed E-state index contributed by atoms with van der Waals surface area (Å²) in [5.74, 6) is 1.77. The summed E-state index contributed by atoms with van der Waals surface area (Å²) in [6, 6.07) is 41.1. The lowest BCUT2D eigenvalue weighted by Gasteiger charge is -2.24. The lowest BCUT2D eigenvalue weighted by atomic mass is 9.79. The summed E-state index contributed by atoms with van der Waals surface area (Å²) in [5, 5.41) is 0. The number of fused-ring (bicyclic) bond motifs is 9. The first-order chi connectivity index (χ1) is 23.4. The quantitative estimate of drug-likeness (QED) is 0.191. The van der Waals surface area contributed by atoms with Crippen LogP contribution in [-0.4, -0.2) is 14.2 Å². The molecule has 2 heteroatoms. The third-order valence-electron chi connectivity index (χ3n) is 12.1. The molecule has 9 rings (SSSR count). The van der Waals surface area contributed by atoms with E-state index in [4.69, 9.17) is 9.47 Å². The summed E-state index contributed by atoms with van der Waals surface area (Å²) in [7, 11) is 3.51. The van der Waals surface area contributed by atoms with Crippen molar-refractivity contribution in [2.24, 2.45) is 0 Å². The van der Waals surface area contributed by atoms with Gasteiger partial charge in [-0.3, -0.25) is 0 Å². The molecule has 0 aromatic heterocycles. The number of benzene rings is 6. The van der Waals surface area contributed by atoms with Crippen molar-refractivity contribution in [1.29, 1.82) is 0 Å². The molecule has 0 N–H and O–H groups in total. The third kappa shape index (κ3) is 4.01. The summed E-state index contributed by atoms with van der Waals surface area (Å²) in [6.07, 6.45) is 0. The van der Waals surface area contributed by atoms with Gasteiger partial charge in [-0.2, -0.15) is 0 Å². The van der Waals surface area contributed by atoms with Crippen LogP contribution in [0, 0.1) is 0 Å². The Kier molecular flexibility index (Phi) is 6.11. The van der Waals surface area contributed by atoms with Crippen LogP contribution < -0.4 is 9.47 Å². The molecule has 0 unspecified atom stereocenters. The van der Waals surface area contributed by atoms with E-state index in [-0.39, 0.29) is 16.2 Å². The topological polar surface area (TPSA) is 18.5 Å². The lowest BCUT2D eigenvalue weighted by Crippen LogP contribution is -2.16. The highest BCUT2D eigenvalue weighted by molar-refractivity contribution is 5.95. The first-order valence-electron chi connectivity index (χ1n) is 17.4. The summed E-state index contributed by atoms with van der Waals surface area (Å²) in [6.45, 7) is 14.1. The van der Waals surface area contributed by atoms with Crippen molar-refractivity contribution in [2.45, 2.75) is 57.8 Å². The molecule has 0 fully saturated rings. The molecule has 0 bridgehead atoms. The van der Waals surface area contributed by atoms with Gasteiger partial charge in [-0.15, -0.1) is 0 Å². The molecule has 3 aliphatic rings. The highest BCUT2D eigenvalue weighted by Gasteiger charge is 2.40. The summed E-state index contributed by atoms with van der Waals surface area (Å²) >= 11 is 0. The van der Waals surface area contributed by atoms with Crippen LogP contribution in [0.2, 0.25) is 0 Å². The van der Waals surface area contributed by atoms with Crippen LogP contribution in [0.4, 0.5) is 0 Å². The van der Waals surface area contributed by atoms with Crippen LogP contribution in [0.3, 0.4) is 0 Å². The Bertz CT molecular complexity index is 2390. The Morgan fingerprint density at radius 2 is 0.796 bits per heavy atom. The van der Waals surface area contributed by atoms with Gasteiger partial charge in [-0.05, 0) is 131 Å². The van der Waals surface area contributed by atoms with Gasteiger partial charge < -0.3 is 9.47 Å². The molecule has 6 aromatic carbocycles. The molecule has 0 amide bonds. The fourth-order valence-corrected chi connectivity index (χ4v) is 9.24. The van der Waals surface area contributed by atoms with E-state index in [0.717, 1.165) is 11.5 Å². The minimum Gasteiger partial charge on any atom is -0.497 e. The van der Waals surface area contributed by atoms with Crippen molar-refractivity contribution in [3.8, 4) is 67.1 Å². The third-order valence-corrected chi connectivity index (χ3v) is 12.1. The van der Waals surface area contributed by atoms with E-state index in [2.05, 4.69) is 151 Å². The molecule has 49 heavy (non-hydrogen) atoms. The molecule has 0 saturated heterocycles. The number of rotatable bonds is 4. The van der Waals surface area contributed by atoms with Gasteiger partial charge in [0.15, 0.2) is 0 Å². The van der Waals surface area contributed by atoms with Gasteiger partial charge in [0.2, 0.25) is 0 Å². The molecule has 242 valence electrons. The van der Waals surface area contributed by atoms with Crippen LogP contribution in [0.5, 0.6) is 11.5 Å². The molecule has 6 aromatic rings. The molecule has 0 radical (unpaired) electrons. The summed E-state index contributed by atoms with van der Waals surface area (Å²) < 4.78 is 11.6. The molecular formula is C47H42O2. The Morgan fingerprint density at radius 1 is 0.347 bits per heavy atom. The SMILES string of the molecule is COc1ccc2c(c1)C(C)(C)c1cc(OC)cc(-c3ccc4c(c3)C(C)(C)c3cc(-c5ccc6c(c5)C(C)(C)c5ccccc5-6)ccc3-4)c1-2. The monoisotopic (exact) mass is 638 g/mol. The Morgan fingerprint density at radius 3 is 1.41 bits per heavy atom. The standard InChI is InChI=1S/C47H42O2/c1-45(2)38-12-10-9-11-32(38)33-17-13-27(21-39(33)45)28-14-18-34-35-19-15-29(23-41(35)46(3,4)40(34)22-28)37-24-31(49-8)26-43-44(37)36-20-16-30(48-7)25-42(36)47(43,5)6/h9-26H,1-8H3. The van der Waals surface area contributed by atoms with Gasteiger partial charge in [-0.25, -0.2) is 0 Å². The maximum Gasteiger partial charge on any atom is 0.119 e. The van der Waals surface area contributed by atoms with Crippen LogP contribution >= 0.6 is 0 Å². The Labute approximate surface area is 290 Å². The highest BCUT2D eigenvalue weighted by atomic mass is 16.5. The van der Waals surface area contributed by atoms with Crippen LogP contribution in [0.25, 0.3) is 55.6 Å². The van der Waals surface area contributed by atoms with E-state index in [0.29, 0.717) is 0 Å². The van der Waals surface area contributed by atoms with Crippen molar-refractivity contribution in [3.63, 3.8) is 0 Å². The normalized spacial score (nSPS) is 16.2. The number of hydrogen-bond donors (Lipinski definition) is 0. The fraction of sp³-hybridized carbons (Fsp3) is 0.234. The number of methoxy groups -OCH3 is 2. The van der Waals surface area contributed by atoms with Gasteiger partial charge in [0.05, 0.1) is 14.2 Å². The predicted molar refractivity (Wildman–Crippen MR) is 203 cm³/mol. The van der Waals surface area contributed by atoms with Crippen molar-refractivity contribution >= 4 is 0 Å². The number of ether oxygens (including phenoxy) is 2. The predicted octanol–water partition coefficient (Wildman–Crippen LogP) is 12.0. The van der Waals surface area contributed by atoms with E-state index < -0.39 is 0 Å². The van der Waals surface area contributed by atoms with E-state index in [1.165, 1.54) is 89.0 Å². The van der Waals surface area contributed by atoms with Gasteiger partial charge in [0, 0.05) is 16.2 Å². The molecule has 0 heterocycles. The van der Waals surface area contributed by atoms with E-state index in [1.807, 2.05) is 0 Å². The smallest absolute Gasteiger partial charge is 0.119 e. The van der Waals surface area contributed by atoms with Crippen molar-refractivity contribution in [2.75, 3.05) is 14.2 Å². The zero-order valence-electron chi connectivity index (χ0n) is 29.7. The second-order valence-corrected chi connectivity index (χ2v) is 15.7. The first-order valence-corrected chi connectivity index (χ1v) is 17.4. The zero-order chi connectivity index (χ0) is 34.0. The van der Waals surface area contributed by atoms with E-state index >= 15 is 0 Å². The zero-order valence-corrected chi connectivity index (χ0v) is 29.7. The molecule has 2 nitrogen and oxygen atoms in total. The van der Waals surface area contributed by atoms with Gasteiger partial charge >= 0.3 is 0 Å². The van der Waals surface area contributed by atoms with Gasteiger partial charge in [-0.1, -0.05) is 108 Å². The first kappa shape index (κ1) is 30.0. The van der Waals surface area contributed by atoms with Crippen LogP contribution in [0.15, 0.2) is 109 Å². The van der Waals surface area contributed by atoms with Gasteiger partial charge in [0.25, 0.3) is 0 Å². The van der Waals surface area contributed by atoms with Crippen LogP contribution in [-0.2, 0) is 16.2 Å². The largest absolute Gasteiger partial charge is 0.497 e. The Hall–Kier alpha value is -5.08. The average Bonchev–Trinajstić information content (AvgIpc) is 3.59. The Balaban J connectivity index is 1.15.